The van der Waals surface area contributed by atoms with Gasteiger partial charge in [-0.2, -0.15) is 0 Å². The maximum Gasteiger partial charge on any atom is 0.0474 e. The van der Waals surface area contributed by atoms with Crippen molar-refractivity contribution in [1.82, 2.24) is 0 Å². The average Bonchev–Trinajstić information content (AvgIpc) is 2.17. The van der Waals surface area contributed by atoms with Crippen LogP contribution in [0.25, 0.3) is 10.8 Å². The standard InChI is InChI=1S/C11H10ClN/c12-7-8-1-2-10-6-11(13)4-3-9(10)5-8/h1-6H,7,13H2. The van der Waals surface area contributed by atoms with E-state index in [9.17, 15) is 0 Å². The van der Waals surface area contributed by atoms with Gasteiger partial charge in [0.25, 0.3) is 0 Å². The fraction of sp³-hybridized carbons (Fsp3) is 0.0909. The molecule has 0 spiro atoms. The average molecular weight is 192 g/mol. The molecule has 0 aliphatic rings. The summed E-state index contributed by atoms with van der Waals surface area (Å²) in [6.07, 6.45) is 0. The molecule has 0 heterocycles. The minimum Gasteiger partial charge on any atom is -0.399 e. The summed E-state index contributed by atoms with van der Waals surface area (Å²) < 4.78 is 0. The highest BCUT2D eigenvalue weighted by Gasteiger charge is 1.95. The number of hydrogen-bond donors (Lipinski definition) is 1. The van der Waals surface area contributed by atoms with Crippen LogP contribution in [-0.4, -0.2) is 0 Å². The second-order valence-electron chi connectivity index (χ2n) is 3.07. The lowest BCUT2D eigenvalue weighted by atomic mass is 10.1. The third-order valence-electron chi connectivity index (χ3n) is 2.08. The highest BCUT2D eigenvalue weighted by Crippen LogP contribution is 2.19. The highest BCUT2D eigenvalue weighted by molar-refractivity contribution is 6.17. The SMILES string of the molecule is Nc1ccc2cc(CCl)ccc2c1. The summed E-state index contributed by atoms with van der Waals surface area (Å²) in [5.74, 6) is 0.556. The van der Waals surface area contributed by atoms with Gasteiger partial charge in [0.1, 0.15) is 0 Å². The molecule has 0 fully saturated rings. The Hall–Kier alpha value is -1.21. The summed E-state index contributed by atoms with van der Waals surface area (Å²) in [5, 5.41) is 2.35. The predicted octanol–water partition coefficient (Wildman–Crippen LogP) is 3.16. The first-order chi connectivity index (χ1) is 6.29. The molecule has 2 rings (SSSR count). The van der Waals surface area contributed by atoms with Crippen LogP contribution in [0.1, 0.15) is 5.56 Å². The van der Waals surface area contributed by atoms with E-state index in [-0.39, 0.29) is 0 Å². The summed E-state index contributed by atoms with van der Waals surface area (Å²) >= 11 is 5.73. The molecule has 2 aromatic rings. The molecule has 1 nitrogen and oxygen atoms in total. The van der Waals surface area contributed by atoms with Gasteiger partial charge in [0, 0.05) is 11.6 Å². The van der Waals surface area contributed by atoms with E-state index in [1.54, 1.807) is 0 Å². The quantitative estimate of drug-likeness (QED) is 0.544. The van der Waals surface area contributed by atoms with Crippen LogP contribution < -0.4 is 5.73 Å². The van der Waals surface area contributed by atoms with Crippen molar-refractivity contribution in [2.45, 2.75) is 5.88 Å². The first kappa shape index (κ1) is 8.39. The number of anilines is 1. The number of fused-ring (bicyclic) bond motifs is 1. The number of halogens is 1. The maximum absolute atomic E-state index is 5.73. The molecule has 2 aromatic carbocycles. The van der Waals surface area contributed by atoms with Gasteiger partial charge >= 0.3 is 0 Å². The van der Waals surface area contributed by atoms with E-state index in [2.05, 4.69) is 6.07 Å². The van der Waals surface area contributed by atoms with Crippen LogP contribution in [0.4, 0.5) is 5.69 Å². The number of alkyl halides is 1. The third kappa shape index (κ3) is 1.61. The molecular weight excluding hydrogens is 182 g/mol. The first-order valence-corrected chi connectivity index (χ1v) is 4.67. The second-order valence-corrected chi connectivity index (χ2v) is 3.34. The molecule has 0 aliphatic carbocycles. The van der Waals surface area contributed by atoms with E-state index < -0.39 is 0 Å². The van der Waals surface area contributed by atoms with Crippen LogP contribution in [0.15, 0.2) is 36.4 Å². The van der Waals surface area contributed by atoms with Crippen LogP contribution in [0.5, 0.6) is 0 Å². The van der Waals surface area contributed by atoms with Gasteiger partial charge in [0.15, 0.2) is 0 Å². The molecule has 13 heavy (non-hydrogen) atoms. The van der Waals surface area contributed by atoms with Gasteiger partial charge in [-0.3, -0.25) is 0 Å². The molecule has 0 unspecified atom stereocenters. The van der Waals surface area contributed by atoms with E-state index in [1.165, 1.54) is 5.39 Å². The zero-order valence-electron chi connectivity index (χ0n) is 7.13. The Balaban J connectivity index is 2.66. The van der Waals surface area contributed by atoms with Crippen LogP contribution in [0, 0.1) is 0 Å². The molecular formula is C11H10ClN. The Labute approximate surface area is 82.1 Å². The van der Waals surface area contributed by atoms with Gasteiger partial charge < -0.3 is 5.73 Å². The summed E-state index contributed by atoms with van der Waals surface area (Å²) in [5.41, 5.74) is 7.60. The lowest BCUT2D eigenvalue weighted by Gasteiger charge is -2.01. The molecule has 0 radical (unpaired) electrons. The zero-order valence-corrected chi connectivity index (χ0v) is 7.88. The van der Waals surface area contributed by atoms with Crippen molar-refractivity contribution in [2.24, 2.45) is 0 Å². The molecule has 2 N–H and O–H groups in total. The zero-order chi connectivity index (χ0) is 9.26. The van der Waals surface area contributed by atoms with Crippen LogP contribution in [-0.2, 0) is 5.88 Å². The van der Waals surface area contributed by atoms with E-state index in [0.29, 0.717) is 5.88 Å². The number of benzene rings is 2. The molecule has 66 valence electrons. The molecule has 0 saturated carbocycles. The van der Waals surface area contributed by atoms with Crippen molar-refractivity contribution in [3.05, 3.63) is 42.0 Å². The van der Waals surface area contributed by atoms with E-state index in [1.807, 2.05) is 30.3 Å². The molecule has 0 atom stereocenters. The van der Waals surface area contributed by atoms with E-state index in [4.69, 9.17) is 17.3 Å². The van der Waals surface area contributed by atoms with Crippen molar-refractivity contribution < 1.29 is 0 Å². The molecule has 0 aliphatic heterocycles. The highest BCUT2D eigenvalue weighted by atomic mass is 35.5. The van der Waals surface area contributed by atoms with Crippen molar-refractivity contribution >= 4 is 28.1 Å². The van der Waals surface area contributed by atoms with Gasteiger partial charge in [-0.1, -0.05) is 18.2 Å². The lowest BCUT2D eigenvalue weighted by Crippen LogP contribution is -1.84. The van der Waals surface area contributed by atoms with Crippen molar-refractivity contribution in [3.8, 4) is 0 Å². The van der Waals surface area contributed by atoms with Gasteiger partial charge in [-0.05, 0) is 34.5 Å². The Kier molecular flexibility index (Phi) is 2.11. The fourth-order valence-corrected chi connectivity index (χ4v) is 1.56. The number of nitrogen functional groups attached to an aromatic ring is 1. The summed E-state index contributed by atoms with van der Waals surface area (Å²) in [6.45, 7) is 0. The van der Waals surface area contributed by atoms with E-state index >= 15 is 0 Å². The largest absolute Gasteiger partial charge is 0.399 e. The molecule has 2 heteroatoms. The van der Waals surface area contributed by atoms with Gasteiger partial charge in [-0.25, -0.2) is 0 Å². The molecule has 0 amide bonds. The first-order valence-electron chi connectivity index (χ1n) is 4.14. The number of hydrogen-bond acceptors (Lipinski definition) is 1. The molecule has 0 bridgehead atoms. The van der Waals surface area contributed by atoms with Crippen molar-refractivity contribution in [1.29, 1.82) is 0 Å². The normalized spacial score (nSPS) is 10.5. The smallest absolute Gasteiger partial charge is 0.0474 e. The minimum atomic E-state index is 0.556. The van der Waals surface area contributed by atoms with Crippen LogP contribution in [0.3, 0.4) is 0 Å². The topological polar surface area (TPSA) is 26.0 Å². The summed E-state index contributed by atoms with van der Waals surface area (Å²) in [4.78, 5) is 0. The van der Waals surface area contributed by atoms with Gasteiger partial charge in [0.05, 0.1) is 0 Å². The monoisotopic (exact) mass is 191 g/mol. The van der Waals surface area contributed by atoms with E-state index in [0.717, 1.165) is 16.6 Å². The van der Waals surface area contributed by atoms with Gasteiger partial charge in [0.2, 0.25) is 0 Å². The molecule has 0 aromatic heterocycles. The van der Waals surface area contributed by atoms with Crippen LogP contribution in [0.2, 0.25) is 0 Å². The van der Waals surface area contributed by atoms with Crippen molar-refractivity contribution in [3.63, 3.8) is 0 Å². The van der Waals surface area contributed by atoms with Crippen molar-refractivity contribution in [2.75, 3.05) is 5.73 Å². The number of nitrogens with two attached hydrogens (primary N) is 1. The fourth-order valence-electron chi connectivity index (χ4n) is 1.40. The lowest BCUT2D eigenvalue weighted by molar-refractivity contribution is 1.43. The van der Waals surface area contributed by atoms with Crippen LogP contribution >= 0.6 is 11.6 Å². The Morgan fingerprint density at radius 1 is 1.00 bits per heavy atom. The minimum absolute atomic E-state index is 0.556. The molecule has 0 saturated heterocycles. The Morgan fingerprint density at radius 3 is 2.46 bits per heavy atom. The Bertz CT molecular complexity index is 437. The summed E-state index contributed by atoms with van der Waals surface area (Å²) in [7, 11) is 0. The second kappa shape index (κ2) is 3.27. The van der Waals surface area contributed by atoms with Gasteiger partial charge in [-0.15, -0.1) is 11.6 Å². The number of rotatable bonds is 1. The summed E-state index contributed by atoms with van der Waals surface area (Å²) in [6, 6.07) is 12.0. The third-order valence-corrected chi connectivity index (χ3v) is 2.39. The maximum atomic E-state index is 5.73. The Morgan fingerprint density at radius 2 is 1.69 bits per heavy atom. The predicted molar refractivity (Wildman–Crippen MR) is 57.9 cm³/mol.